The summed E-state index contributed by atoms with van der Waals surface area (Å²) < 4.78 is 12.4. The third kappa shape index (κ3) is 3.39. The number of hydrogen-bond donors (Lipinski definition) is 0. The van der Waals surface area contributed by atoms with Crippen LogP contribution in [-0.2, 0) is 11.3 Å². The van der Waals surface area contributed by atoms with Gasteiger partial charge in [0.15, 0.2) is 0 Å². The van der Waals surface area contributed by atoms with Crippen LogP contribution in [0.5, 0.6) is 5.75 Å². The zero-order chi connectivity index (χ0) is 16.1. The molecule has 0 amide bonds. The van der Waals surface area contributed by atoms with E-state index in [-0.39, 0.29) is 5.97 Å². The van der Waals surface area contributed by atoms with E-state index < -0.39 is 0 Å². The van der Waals surface area contributed by atoms with Crippen molar-refractivity contribution >= 4 is 11.5 Å². The number of ether oxygens (including phenoxy) is 2. The fourth-order valence-electron chi connectivity index (χ4n) is 2.26. The van der Waals surface area contributed by atoms with Crippen molar-refractivity contribution in [2.75, 3.05) is 27.8 Å². The van der Waals surface area contributed by atoms with Crippen LogP contribution in [0.1, 0.15) is 35.8 Å². The maximum atomic E-state index is 11.8. The first kappa shape index (κ1) is 16.3. The third-order valence-electron chi connectivity index (χ3n) is 3.37. The molecule has 0 aliphatic rings. The number of carbonyl (C=O) groups is 1. The minimum Gasteiger partial charge on any atom is -0.492 e. The van der Waals surface area contributed by atoms with Gasteiger partial charge in [-0.2, -0.15) is 5.10 Å². The van der Waals surface area contributed by atoms with Crippen LogP contribution < -0.4 is 4.74 Å². The summed E-state index contributed by atoms with van der Waals surface area (Å²) in [5.41, 5.74) is 2.11. The lowest BCUT2D eigenvalue weighted by Gasteiger charge is -2.16. The molecule has 0 atom stereocenters. The van der Waals surface area contributed by atoms with Crippen LogP contribution in [0.2, 0.25) is 0 Å². The fraction of sp³-hybridized carbons (Fsp3) is 0.500. The summed E-state index contributed by atoms with van der Waals surface area (Å²) in [6, 6.07) is 3.75. The molecule has 6 nitrogen and oxygen atoms in total. The van der Waals surface area contributed by atoms with Gasteiger partial charge in [0.05, 0.1) is 31.1 Å². The van der Waals surface area contributed by atoms with E-state index in [1.165, 1.54) is 13.3 Å². The van der Waals surface area contributed by atoms with E-state index in [9.17, 15) is 4.79 Å². The van der Waals surface area contributed by atoms with E-state index in [1.807, 2.05) is 31.1 Å². The van der Waals surface area contributed by atoms with Gasteiger partial charge in [-0.25, -0.2) is 9.31 Å². The summed E-state index contributed by atoms with van der Waals surface area (Å²) in [5.74, 6) is 0.416. The molecule has 0 aliphatic carbocycles. The maximum absolute atomic E-state index is 11.8. The fourth-order valence-corrected chi connectivity index (χ4v) is 2.26. The summed E-state index contributed by atoms with van der Waals surface area (Å²) in [7, 11) is 5.34. The van der Waals surface area contributed by atoms with Crippen LogP contribution in [0.3, 0.4) is 0 Å². The second kappa shape index (κ2) is 7.26. The Hall–Kier alpha value is -2.08. The largest absolute Gasteiger partial charge is 0.492 e. The van der Waals surface area contributed by atoms with Crippen molar-refractivity contribution in [2.45, 2.75) is 26.3 Å². The maximum Gasteiger partial charge on any atom is 0.341 e. The summed E-state index contributed by atoms with van der Waals surface area (Å²) in [4.78, 5) is 13.8. The molecule has 2 heterocycles. The van der Waals surface area contributed by atoms with Crippen LogP contribution in [0.15, 0.2) is 18.3 Å². The molecule has 2 aromatic rings. The van der Waals surface area contributed by atoms with Gasteiger partial charge in [0.1, 0.15) is 11.3 Å². The van der Waals surface area contributed by atoms with E-state index in [4.69, 9.17) is 9.47 Å². The van der Waals surface area contributed by atoms with Gasteiger partial charge in [-0.1, -0.05) is 13.3 Å². The van der Waals surface area contributed by atoms with Gasteiger partial charge < -0.3 is 14.4 Å². The Labute approximate surface area is 130 Å². The van der Waals surface area contributed by atoms with Gasteiger partial charge in [0, 0.05) is 6.54 Å². The number of esters is 1. The predicted octanol–water partition coefficient (Wildman–Crippen LogP) is 2.36. The molecule has 0 saturated heterocycles. The number of methoxy groups -OCH3 is 1. The van der Waals surface area contributed by atoms with Crippen molar-refractivity contribution in [1.82, 2.24) is 14.5 Å². The predicted molar refractivity (Wildman–Crippen MR) is 84.3 cm³/mol. The topological polar surface area (TPSA) is 56.1 Å². The van der Waals surface area contributed by atoms with Crippen molar-refractivity contribution in [1.29, 1.82) is 0 Å². The molecule has 0 N–H and O–H groups in total. The first-order valence-corrected chi connectivity index (χ1v) is 7.44. The molecule has 2 aromatic heterocycles. The van der Waals surface area contributed by atoms with Gasteiger partial charge in [-0.15, -0.1) is 0 Å². The smallest absolute Gasteiger partial charge is 0.341 e. The number of rotatable bonds is 7. The highest BCUT2D eigenvalue weighted by Gasteiger charge is 2.18. The molecule has 0 bridgehead atoms. The van der Waals surface area contributed by atoms with Crippen molar-refractivity contribution < 1.29 is 14.3 Å². The quantitative estimate of drug-likeness (QED) is 0.580. The summed E-state index contributed by atoms with van der Waals surface area (Å²) in [6.07, 6.45) is 3.63. The average molecular weight is 305 g/mol. The van der Waals surface area contributed by atoms with Gasteiger partial charge in [0.2, 0.25) is 0 Å². The number of unbranched alkanes of at least 4 members (excludes halogenated alkanes) is 1. The van der Waals surface area contributed by atoms with E-state index in [2.05, 4.69) is 12.0 Å². The van der Waals surface area contributed by atoms with Crippen LogP contribution in [0.25, 0.3) is 5.52 Å². The highest BCUT2D eigenvalue weighted by atomic mass is 16.5. The second-order valence-corrected chi connectivity index (χ2v) is 5.43. The van der Waals surface area contributed by atoms with E-state index in [0.29, 0.717) is 18.7 Å². The van der Waals surface area contributed by atoms with Crippen LogP contribution in [0.4, 0.5) is 0 Å². The van der Waals surface area contributed by atoms with Crippen molar-refractivity contribution in [3.05, 3.63) is 29.6 Å². The molecule has 0 unspecified atom stereocenters. The minimum absolute atomic E-state index is 0.384. The Morgan fingerprint density at radius 3 is 2.77 bits per heavy atom. The van der Waals surface area contributed by atoms with E-state index in [1.54, 1.807) is 4.52 Å². The van der Waals surface area contributed by atoms with E-state index >= 15 is 0 Å². The standard InChI is InChI=1S/C16H23N3O3/c1-5-6-9-22-15-8-7-13-12(16(20)21-4)10-17-19(13)14(15)11-18(2)3/h7-8,10H,5-6,9,11H2,1-4H3. The van der Waals surface area contributed by atoms with Crippen molar-refractivity contribution in [3.8, 4) is 5.75 Å². The van der Waals surface area contributed by atoms with Gasteiger partial charge in [0.25, 0.3) is 0 Å². The zero-order valence-corrected chi connectivity index (χ0v) is 13.6. The summed E-state index contributed by atoms with van der Waals surface area (Å²) >= 11 is 0. The lowest BCUT2D eigenvalue weighted by atomic mass is 10.2. The number of fused-ring (bicyclic) bond motifs is 1. The Morgan fingerprint density at radius 2 is 2.14 bits per heavy atom. The number of hydrogen-bond acceptors (Lipinski definition) is 5. The molecule has 0 spiro atoms. The molecule has 120 valence electrons. The molecular formula is C16H23N3O3. The van der Waals surface area contributed by atoms with Gasteiger partial charge in [-0.05, 0) is 32.6 Å². The van der Waals surface area contributed by atoms with Crippen molar-refractivity contribution in [2.24, 2.45) is 0 Å². The third-order valence-corrected chi connectivity index (χ3v) is 3.37. The van der Waals surface area contributed by atoms with Gasteiger partial charge in [-0.3, -0.25) is 0 Å². The number of pyridine rings is 1. The normalized spacial score (nSPS) is 11.1. The first-order valence-electron chi connectivity index (χ1n) is 7.44. The molecule has 0 radical (unpaired) electrons. The lowest BCUT2D eigenvalue weighted by Crippen LogP contribution is -2.16. The average Bonchev–Trinajstić information content (AvgIpc) is 2.92. The summed E-state index contributed by atoms with van der Waals surface area (Å²) in [6.45, 7) is 3.47. The highest BCUT2D eigenvalue weighted by Crippen LogP contribution is 2.24. The summed E-state index contributed by atoms with van der Waals surface area (Å²) in [5, 5.41) is 4.34. The van der Waals surface area contributed by atoms with Crippen LogP contribution in [-0.4, -0.2) is 48.3 Å². The molecule has 0 fully saturated rings. The Kier molecular flexibility index (Phi) is 5.38. The molecule has 0 saturated carbocycles. The monoisotopic (exact) mass is 305 g/mol. The first-order chi connectivity index (χ1) is 10.6. The number of nitrogens with zero attached hydrogens (tertiary/aromatic N) is 3. The number of aromatic nitrogens is 2. The number of carbonyl (C=O) groups excluding carboxylic acids is 1. The Balaban J connectivity index is 2.45. The van der Waals surface area contributed by atoms with Gasteiger partial charge >= 0.3 is 5.97 Å². The Morgan fingerprint density at radius 1 is 1.36 bits per heavy atom. The van der Waals surface area contributed by atoms with Crippen molar-refractivity contribution in [3.63, 3.8) is 0 Å². The van der Waals surface area contributed by atoms with Crippen LogP contribution >= 0.6 is 0 Å². The van der Waals surface area contributed by atoms with E-state index in [0.717, 1.165) is 29.8 Å². The zero-order valence-electron chi connectivity index (χ0n) is 13.6. The molecule has 0 aromatic carbocycles. The highest BCUT2D eigenvalue weighted by molar-refractivity contribution is 5.96. The molecule has 22 heavy (non-hydrogen) atoms. The molecule has 0 aliphatic heterocycles. The second-order valence-electron chi connectivity index (χ2n) is 5.43. The SMILES string of the molecule is CCCCOc1ccc2c(C(=O)OC)cnn2c1CN(C)C. The molecular weight excluding hydrogens is 282 g/mol. The Bertz CT molecular complexity index is 649. The molecule has 2 rings (SSSR count). The van der Waals surface area contributed by atoms with Crippen LogP contribution in [0, 0.1) is 0 Å². The molecule has 6 heteroatoms. The minimum atomic E-state index is -0.384. The lowest BCUT2D eigenvalue weighted by molar-refractivity contribution is 0.0603.